The van der Waals surface area contributed by atoms with Crippen molar-refractivity contribution >= 4 is 17.2 Å². The molecule has 2 aromatic rings. The van der Waals surface area contributed by atoms with Gasteiger partial charge in [0, 0.05) is 18.1 Å². The Bertz CT molecular complexity index is 498. The third-order valence-corrected chi connectivity index (χ3v) is 3.21. The van der Waals surface area contributed by atoms with Crippen LogP contribution < -0.4 is 0 Å². The van der Waals surface area contributed by atoms with E-state index in [1.165, 1.54) is 11.3 Å². The molecule has 90 valence electrons. The van der Waals surface area contributed by atoms with Crippen LogP contribution in [0.1, 0.15) is 27.4 Å². The molecule has 0 aliphatic heterocycles. The zero-order valence-corrected chi connectivity index (χ0v) is 10.8. The van der Waals surface area contributed by atoms with Crippen molar-refractivity contribution in [2.45, 2.75) is 20.4 Å². The highest BCUT2D eigenvalue weighted by molar-refractivity contribution is 7.07. The molecule has 0 atom stereocenters. The second kappa shape index (κ2) is 4.67. The Morgan fingerprint density at radius 2 is 2.29 bits per heavy atom. The Labute approximate surface area is 103 Å². The number of carbonyl (C=O) groups is 1. The monoisotopic (exact) mass is 250 g/mol. The molecule has 2 aromatic heterocycles. The maximum atomic E-state index is 12.2. The summed E-state index contributed by atoms with van der Waals surface area (Å²) >= 11 is 1.53. The maximum absolute atomic E-state index is 12.2. The third kappa shape index (κ3) is 2.36. The Balaban J connectivity index is 2.15. The summed E-state index contributed by atoms with van der Waals surface area (Å²) in [4.78, 5) is 18.0. The zero-order chi connectivity index (χ0) is 12.4. The van der Waals surface area contributed by atoms with E-state index in [4.69, 9.17) is 0 Å². The van der Waals surface area contributed by atoms with Crippen LogP contribution in [0.4, 0.5) is 0 Å². The summed E-state index contributed by atoms with van der Waals surface area (Å²) in [6.07, 6.45) is 0. The van der Waals surface area contributed by atoms with E-state index in [1.54, 1.807) is 17.5 Å². The van der Waals surface area contributed by atoms with Crippen LogP contribution in [-0.2, 0) is 6.54 Å². The van der Waals surface area contributed by atoms with Gasteiger partial charge in [0.15, 0.2) is 0 Å². The lowest BCUT2D eigenvalue weighted by Crippen LogP contribution is -2.27. The minimum absolute atomic E-state index is 0.0262. The van der Waals surface area contributed by atoms with Crippen LogP contribution in [0, 0.1) is 13.8 Å². The van der Waals surface area contributed by atoms with Crippen LogP contribution in [-0.4, -0.2) is 33.0 Å². The number of carbonyl (C=O) groups excluding carboxylic acids is 1. The highest BCUT2D eigenvalue weighted by Crippen LogP contribution is 2.13. The predicted molar refractivity (Wildman–Crippen MR) is 66.0 cm³/mol. The third-order valence-electron chi connectivity index (χ3n) is 2.57. The number of amides is 1. The van der Waals surface area contributed by atoms with Gasteiger partial charge in [-0.1, -0.05) is 0 Å². The van der Waals surface area contributed by atoms with Gasteiger partial charge in [-0.2, -0.15) is 5.10 Å². The first-order chi connectivity index (χ1) is 8.09. The van der Waals surface area contributed by atoms with Crippen molar-refractivity contribution in [3.63, 3.8) is 0 Å². The molecule has 0 bridgehead atoms. The first-order valence-electron chi connectivity index (χ1n) is 5.23. The fraction of sp³-hybridized carbons (Fsp3) is 0.364. The molecule has 0 radical (unpaired) electrons. The lowest BCUT2D eigenvalue weighted by atomic mass is 10.2. The van der Waals surface area contributed by atoms with Gasteiger partial charge in [0.1, 0.15) is 0 Å². The minimum Gasteiger partial charge on any atom is -0.336 e. The highest BCUT2D eigenvalue weighted by atomic mass is 32.1. The van der Waals surface area contributed by atoms with E-state index in [2.05, 4.69) is 15.2 Å². The van der Waals surface area contributed by atoms with Gasteiger partial charge in [-0.15, -0.1) is 11.3 Å². The minimum atomic E-state index is -0.0262. The van der Waals surface area contributed by atoms with E-state index >= 15 is 0 Å². The van der Waals surface area contributed by atoms with Crippen LogP contribution in [0.3, 0.4) is 0 Å². The summed E-state index contributed by atoms with van der Waals surface area (Å²) in [6, 6.07) is 0. The number of thiazole rings is 1. The van der Waals surface area contributed by atoms with Crippen molar-refractivity contribution in [1.82, 2.24) is 20.1 Å². The molecule has 6 heteroatoms. The van der Waals surface area contributed by atoms with Gasteiger partial charge in [-0.3, -0.25) is 9.89 Å². The number of H-pyrrole nitrogens is 1. The fourth-order valence-corrected chi connectivity index (χ4v) is 2.24. The van der Waals surface area contributed by atoms with Gasteiger partial charge < -0.3 is 4.90 Å². The second-order valence-corrected chi connectivity index (χ2v) is 4.67. The summed E-state index contributed by atoms with van der Waals surface area (Å²) in [5, 5.41) is 8.79. The van der Waals surface area contributed by atoms with Gasteiger partial charge in [-0.25, -0.2) is 4.98 Å². The molecule has 0 aromatic carbocycles. The maximum Gasteiger partial charge on any atom is 0.257 e. The number of aromatic nitrogens is 3. The highest BCUT2D eigenvalue weighted by Gasteiger charge is 2.19. The number of aromatic amines is 1. The molecular formula is C11H14N4OS. The van der Waals surface area contributed by atoms with E-state index in [1.807, 2.05) is 19.2 Å². The van der Waals surface area contributed by atoms with Crippen LogP contribution >= 0.6 is 11.3 Å². The van der Waals surface area contributed by atoms with Crippen LogP contribution in [0.15, 0.2) is 10.9 Å². The van der Waals surface area contributed by atoms with Crippen molar-refractivity contribution in [2.24, 2.45) is 0 Å². The normalized spacial score (nSPS) is 10.5. The molecule has 1 N–H and O–H groups in total. The number of hydrogen-bond acceptors (Lipinski definition) is 4. The van der Waals surface area contributed by atoms with Crippen molar-refractivity contribution in [2.75, 3.05) is 7.05 Å². The lowest BCUT2D eigenvalue weighted by molar-refractivity contribution is 0.0782. The van der Waals surface area contributed by atoms with Gasteiger partial charge in [0.05, 0.1) is 29.0 Å². The molecule has 17 heavy (non-hydrogen) atoms. The Morgan fingerprint density at radius 1 is 1.53 bits per heavy atom. The molecule has 5 nitrogen and oxygen atoms in total. The van der Waals surface area contributed by atoms with Gasteiger partial charge in [0.2, 0.25) is 0 Å². The lowest BCUT2D eigenvalue weighted by Gasteiger charge is -2.15. The molecule has 0 saturated carbocycles. The van der Waals surface area contributed by atoms with Crippen molar-refractivity contribution < 1.29 is 4.79 Å². The number of nitrogens with zero attached hydrogens (tertiary/aromatic N) is 3. The summed E-state index contributed by atoms with van der Waals surface area (Å²) in [5.74, 6) is -0.0262. The molecule has 2 heterocycles. The van der Waals surface area contributed by atoms with E-state index in [0.29, 0.717) is 12.1 Å². The van der Waals surface area contributed by atoms with Crippen molar-refractivity contribution in [3.8, 4) is 0 Å². The number of hydrogen-bond donors (Lipinski definition) is 1. The number of rotatable bonds is 3. The molecule has 1 amide bonds. The molecule has 0 unspecified atom stereocenters. The second-order valence-electron chi connectivity index (χ2n) is 3.95. The molecule has 2 rings (SSSR count). The Morgan fingerprint density at radius 3 is 2.82 bits per heavy atom. The Hall–Kier alpha value is -1.69. The molecule has 0 spiro atoms. The largest absolute Gasteiger partial charge is 0.336 e. The molecule has 0 aliphatic rings. The quantitative estimate of drug-likeness (QED) is 0.902. The summed E-state index contributed by atoms with van der Waals surface area (Å²) in [7, 11) is 1.77. The summed E-state index contributed by atoms with van der Waals surface area (Å²) in [5.41, 5.74) is 4.87. The first-order valence-corrected chi connectivity index (χ1v) is 6.18. The van der Waals surface area contributed by atoms with E-state index in [0.717, 1.165) is 17.1 Å². The Kier molecular flexibility index (Phi) is 3.23. The van der Waals surface area contributed by atoms with Gasteiger partial charge in [-0.05, 0) is 13.8 Å². The smallest absolute Gasteiger partial charge is 0.257 e. The average Bonchev–Trinajstić information content (AvgIpc) is 2.89. The predicted octanol–water partition coefficient (Wildman–Crippen LogP) is 1.76. The molecule has 0 saturated heterocycles. The standard InChI is InChI=1S/C11H14N4OS/c1-7-10(8(2)14-13-7)11(16)15(3)4-9-5-17-6-12-9/h5-6H,4H2,1-3H3,(H,13,14). The van der Waals surface area contributed by atoms with Crippen LogP contribution in [0.5, 0.6) is 0 Å². The topological polar surface area (TPSA) is 61.9 Å². The molecule has 0 fully saturated rings. The van der Waals surface area contributed by atoms with Crippen LogP contribution in [0.25, 0.3) is 0 Å². The van der Waals surface area contributed by atoms with E-state index < -0.39 is 0 Å². The van der Waals surface area contributed by atoms with Gasteiger partial charge >= 0.3 is 0 Å². The van der Waals surface area contributed by atoms with E-state index in [9.17, 15) is 4.79 Å². The van der Waals surface area contributed by atoms with Crippen molar-refractivity contribution in [1.29, 1.82) is 0 Å². The van der Waals surface area contributed by atoms with E-state index in [-0.39, 0.29) is 5.91 Å². The van der Waals surface area contributed by atoms with Crippen LogP contribution in [0.2, 0.25) is 0 Å². The number of nitrogens with one attached hydrogen (secondary N) is 1. The summed E-state index contributed by atoms with van der Waals surface area (Å²) in [6.45, 7) is 4.20. The average molecular weight is 250 g/mol. The zero-order valence-electron chi connectivity index (χ0n) is 10.0. The fourth-order valence-electron chi connectivity index (χ4n) is 1.69. The SMILES string of the molecule is Cc1n[nH]c(C)c1C(=O)N(C)Cc1cscn1. The molecular weight excluding hydrogens is 236 g/mol. The first kappa shape index (κ1) is 11.8. The number of aryl methyl sites for hydroxylation is 2. The molecule has 0 aliphatic carbocycles. The summed E-state index contributed by atoms with van der Waals surface area (Å²) < 4.78 is 0. The van der Waals surface area contributed by atoms with Gasteiger partial charge in [0.25, 0.3) is 5.91 Å². The van der Waals surface area contributed by atoms with Crippen molar-refractivity contribution in [3.05, 3.63) is 33.5 Å².